The van der Waals surface area contributed by atoms with Crippen LogP contribution in [0.5, 0.6) is 0 Å². The summed E-state index contributed by atoms with van der Waals surface area (Å²) in [4.78, 5) is 14.8. The van der Waals surface area contributed by atoms with Gasteiger partial charge in [-0.3, -0.25) is 9.69 Å². The van der Waals surface area contributed by atoms with Crippen LogP contribution >= 0.6 is 0 Å². The molecule has 0 saturated carbocycles. The summed E-state index contributed by atoms with van der Waals surface area (Å²) in [5.74, 6) is -2.05. The van der Waals surface area contributed by atoms with Gasteiger partial charge in [-0.2, -0.15) is 4.31 Å². The number of carbonyl (C=O) groups excluding carboxylic acids is 1. The molecule has 0 spiro atoms. The number of rotatable bonds is 6. The average molecular weight is 486 g/mol. The first-order valence-corrected chi connectivity index (χ1v) is 12.3. The van der Waals surface area contributed by atoms with Crippen molar-refractivity contribution in [3.05, 3.63) is 95.1 Å². The molecule has 3 aromatic rings. The number of hydrogen-bond donors (Lipinski definition) is 1. The van der Waals surface area contributed by atoms with Crippen molar-refractivity contribution in [2.75, 3.05) is 31.5 Å². The van der Waals surface area contributed by atoms with Crippen molar-refractivity contribution in [2.24, 2.45) is 0 Å². The van der Waals surface area contributed by atoms with Crippen LogP contribution in [0.3, 0.4) is 0 Å². The molecular weight excluding hydrogens is 460 g/mol. The molecule has 34 heavy (non-hydrogen) atoms. The molecule has 0 bridgehead atoms. The van der Waals surface area contributed by atoms with E-state index in [1.165, 1.54) is 10.4 Å². The molecule has 1 N–H and O–H groups in total. The van der Waals surface area contributed by atoms with Crippen LogP contribution in [0, 0.1) is 18.6 Å². The van der Waals surface area contributed by atoms with Crippen LogP contribution in [0.2, 0.25) is 0 Å². The summed E-state index contributed by atoms with van der Waals surface area (Å²) in [7, 11) is -3.51. The van der Waals surface area contributed by atoms with E-state index in [1.807, 2.05) is 19.1 Å². The van der Waals surface area contributed by atoms with Crippen LogP contribution in [-0.2, 0) is 16.6 Å². The Bertz CT molecular complexity index is 1270. The topological polar surface area (TPSA) is 69.7 Å². The van der Waals surface area contributed by atoms with Crippen LogP contribution in [0.4, 0.5) is 14.5 Å². The zero-order chi connectivity index (χ0) is 24.3. The summed E-state index contributed by atoms with van der Waals surface area (Å²) in [6.45, 7) is 4.53. The van der Waals surface area contributed by atoms with E-state index in [0.717, 1.165) is 17.2 Å². The Balaban J connectivity index is 1.32. The highest BCUT2D eigenvalue weighted by molar-refractivity contribution is 7.89. The molecule has 1 aliphatic rings. The largest absolute Gasteiger partial charge is 0.319 e. The number of benzene rings is 3. The maximum absolute atomic E-state index is 13.8. The predicted molar refractivity (Wildman–Crippen MR) is 126 cm³/mol. The minimum absolute atomic E-state index is 0.0889. The van der Waals surface area contributed by atoms with Crippen molar-refractivity contribution in [3.63, 3.8) is 0 Å². The van der Waals surface area contributed by atoms with Gasteiger partial charge in [0.1, 0.15) is 11.6 Å². The fourth-order valence-corrected chi connectivity index (χ4v) is 5.21. The molecule has 0 aromatic heterocycles. The van der Waals surface area contributed by atoms with Crippen molar-refractivity contribution < 1.29 is 22.0 Å². The van der Waals surface area contributed by atoms with Crippen molar-refractivity contribution in [1.82, 2.24) is 9.21 Å². The van der Waals surface area contributed by atoms with Gasteiger partial charge in [-0.1, -0.05) is 29.8 Å². The highest BCUT2D eigenvalue weighted by Crippen LogP contribution is 2.20. The number of nitrogens with one attached hydrogen (secondary N) is 1. The van der Waals surface area contributed by atoms with E-state index in [2.05, 4.69) is 10.2 Å². The van der Waals surface area contributed by atoms with E-state index in [0.29, 0.717) is 49.2 Å². The molecule has 0 atom stereocenters. The first kappa shape index (κ1) is 24.0. The summed E-state index contributed by atoms with van der Waals surface area (Å²) in [6.07, 6.45) is 0. The number of anilines is 1. The maximum Gasteiger partial charge on any atom is 0.255 e. The monoisotopic (exact) mass is 485 g/mol. The lowest BCUT2D eigenvalue weighted by atomic mass is 10.1. The second kappa shape index (κ2) is 10.0. The maximum atomic E-state index is 13.8. The minimum Gasteiger partial charge on any atom is -0.319 e. The third kappa shape index (κ3) is 5.49. The molecule has 9 heteroatoms. The third-order valence-electron chi connectivity index (χ3n) is 5.79. The van der Waals surface area contributed by atoms with Crippen LogP contribution in [-0.4, -0.2) is 49.7 Å². The van der Waals surface area contributed by atoms with Gasteiger partial charge in [0.15, 0.2) is 0 Å². The molecule has 0 unspecified atom stereocenters. The smallest absolute Gasteiger partial charge is 0.255 e. The molecule has 1 aliphatic heterocycles. The number of sulfonamides is 1. The Morgan fingerprint density at radius 3 is 2.18 bits per heavy atom. The standard InChI is InChI=1S/C25H25F2N3O3S/c1-18-2-9-22(10-3-18)34(32,33)30-14-12-29(13-15-30)17-19-4-6-20(7-5-19)25(31)28-24-11-8-21(26)16-23(24)27/h2-11,16H,12-15,17H2,1H3,(H,28,31). The van der Waals surface area contributed by atoms with Gasteiger partial charge in [0.25, 0.3) is 5.91 Å². The van der Waals surface area contributed by atoms with E-state index in [-0.39, 0.29) is 5.69 Å². The van der Waals surface area contributed by atoms with Crippen molar-refractivity contribution in [1.29, 1.82) is 0 Å². The van der Waals surface area contributed by atoms with E-state index in [4.69, 9.17) is 0 Å². The lowest BCUT2D eigenvalue weighted by molar-refractivity contribution is 0.102. The minimum atomic E-state index is -3.51. The van der Waals surface area contributed by atoms with Gasteiger partial charge in [-0.25, -0.2) is 17.2 Å². The second-order valence-corrected chi connectivity index (χ2v) is 10.2. The lowest BCUT2D eigenvalue weighted by Gasteiger charge is -2.34. The molecule has 4 rings (SSSR count). The van der Waals surface area contributed by atoms with Gasteiger partial charge in [0.05, 0.1) is 10.6 Å². The van der Waals surface area contributed by atoms with Gasteiger partial charge in [-0.05, 0) is 48.9 Å². The highest BCUT2D eigenvalue weighted by Gasteiger charge is 2.28. The number of halogens is 2. The first-order valence-electron chi connectivity index (χ1n) is 10.9. The first-order chi connectivity index (χ1) is 16.2. The fraction of sp³-hybridized carbons (Fsp3) is 0.240. The Morgan fingerprint density at radius 2 is 1.56 bits per heavy atom. The number of aryl methyl sites for hydroxylation is 1. The number of amides is 1. The SMILES string of the molecule is Cc1ccc(S(=O)(=O)N2CCN(Cc3ccc(C(=O)Nc4ccc(F)cc4F)cc3)CC2)cc1. The van der Waals surface area contributed by atoms with Crippen molar-refractivity contribution in [2.45, 2.75) is 18.4 Å². The lowest BCUT2D eigenvalue weighted by Crippen LogP contribution is -2.48. The van der Waals surface area contributed by atoms with E-state index >= 15 is 0 Å². The highest BCUT2D eigenvalue weighted by atomic mass is 32.2. The van der Waals surface area contributed by atoms with Gasteiger partial charge < -0.3 is 5.32 Å². The van der Waals surface area contributed by atoms with Gasteiger partial charge in [0, 0.05) is 44.4 Å². The third-order valence-corrected chi connectivity index (χ3v) is 7.70. The zero-order valence-electron chi connectivity index (χ0n) is 18.7. The number of nitrogens with zero attached hydrogens (tertiary/aromatic N) is 2. The fourth-order valence-electron chi connectivity index (χ4n) is 3.79. The van der Waals surface area contributed by atoms with Crippen molar-refractivity contribution in [3.8, 4) is 0 Å². The van der Waals surface area contributed by atoms with Crippen molar-refractivity contribution >= 4 is 21.6 Å². The molecule has 1 heterocycles. The zero-order valence-corrected chi connectivity index (χ0v) is 19.5. The summed E-state index contributed by atoms with van der Waals surface area (Å²) < 4.78 is 54.0. The van der Waals surface area contributed by atoms with Crippen LogP contribution < -0.4 is 5.32 Å². The molecule has 1 fully saturated rings. The molecule has 0 radical (unpaired) electrons. The summed E-state index contributed by atoms with van der Waals surface area (Å²) in [6, 6.07) is 16.7. The molecule has 1 saturated heterocycles. The van der Waals surface area contributed by atoms with Gasteiger partial charge in [-0.15, -0.1) is 0 Å². The predicted octanol–water partition coefficient (Wildman–Crippen LogP) is 4.03. The Kier molecular flexibility index (Phi) is 7.06. The molecule has 178 valence electrons. The van der Waals surface area contributed by atoms with Crippen LogP contribution in [0.15, 0.2) is 71.6 Å². The Hall–Kier alpha value is -3.14. The summed E-state index contributed by atoms with van der Waals surface area (Å²) in [5, 5.41) is 2.44. The normalized spacial score (nSPS) is 15.3. The number of carbonyl (C=O) groups is 1. The molecule has 6 nitrogen and oxygen atoms in total. The van der Waals surface area contributed by atoms with Gasteiger partial charge in [0.2, 0.25) is 10.0 Å². The second-order valence-electron chi connectivity index (χ2n) is 8.27. The summed E-state index contributed by atoms with van der Waals surface area (Å²) in [5.41, 5.74) is 2.24. The van der Waals surface area contributed by atoms with Crippen LogP contribution in [0.25, 0.3) is 0 Å². The Morgan fingerprint density at radius 1 is 0.912 bits per heavy atom. The van der Waals surface area contributed by atoms with Crippen LogP contribution in [0.1, 0.15) is 21.5 Å². The van der Waals surface area contributed by atoms with E-state index in [1.54, 1.807) is 36.4 Å². The number of hydrogen-bond acceptors (Lipinski definition) is 4. The average Bonchev–Trinajstić information content (AvgIpc) is 2.82. The van der Waals surface area contributed by atoms with E-state index in [9.17, 15) is 22.0 Å². The molecule has 3 aromatic carbocycles. The van der Waals surface area contributed by atoms with E-state index < -0.39 is 27.6 Å². The number of piperazine rings is 1. The molecule has 0 aliphatic carbocycles. The Labute approximate surface area is 197 Å². The van der Waals surface area contributed by atoms with Gasteiger partial charge >= 0.3 is 0 Å². The molecule has 1 amide bonds. The summed E-state index contributed by atoms with van der Waals surface area (Å²) >= 11 is 0. The quantitative estimate of drug-likeness (QED) is 0.572. The molecular formula is C25H25F2N3O3S.